The summed E-state index contributed by atoms with van der Waals surface area (Å²) in [7, 11) is 0. The van der Waals surface area contributed by atoms with Gasteiger partial charge >= 0.3 is 0 Å². The highest BCUT2D eigenvalue weighted by molar-refractivity contribution is 8.00. The van der Waals surface area contributed by atoms with Crippen LogP contribution in [0.5, 0.6) is 0 Å². The van der Waals surface area contributed by atoms with E-state index < -0.39 is 0 Å². The molecule has 24 heavy (non-hydrogen) atoms. The van der Waals surface area contributed by atoms with Gasteiger partial charge in [0.1, 0.15) is 11.3 Å². The number of rotatable bonds is 5. The lowest BCUT2D eigenvalue weighted by Gasteiger charge is -2.00. The minimum absolute atomic E-state index is 0.296. The number of para-hydroxylation sites is 2. The molecular formula is C16H11FN4OS2. The van der Waals surface area contributed by atoms with E-state index in [1.165, 1.54) is 35.2 Å². The number of halogens is 1. The van der Waals surface area contributed by atoms with Gasteiger partial charge < -0.3 is 9.73 Å². The van der Waals surface area contributed by atoms with Gasteiger partial charge in [-0.15, -0.1) is 10.2 Å². The van der Waals surface area contributed by atoms with Gasteiger partial charge in [-0.25, -0.2) is 9.37 Å². The van der Waals surface area contributed by atoms with E-state index in [0.29, 0.717) is 22.5 Å². The second kappa shape index (κ2) is 6.58. The van der Waals surface area contributed by atoms with Crippen molar-refractivity contribution >= 4 is 45.0 Å². The van der Waals surface area contributed by atoms with Crippen LogP contribution < -0.4 is 5.32 Å². The zero-order valence-corrected chi connectivity index (χ0v) is 13.9. The minimum Gasteiger partial charge on any atom is -0.440 e. The van der Waals surface area contributed by atoms with E-state index in [0.717, 1.165) is 15.4 Å². The van der Waals surface area contributed by atoms with Gasteiger partial charge in [0.2, 0.25) is 11.0 Å². The largest absolute Gasteiger partial charge is 0.440 e. The van der Waals surface area contributed by atoms with E-state index in [9.17, 15) is 4.39 Å². The van der Waals surface area contributed by atoms with Crippen LogP contribution in [-0.2, 0) is 5.75 Å². The second-order valence-corrected chi connectivity index (χ2v) is 7.07. The maximum absolute atomic E-state index is 13.2. The van der Waals surface area contributed by atoms with Crippen molar-refractivity contribution < 1.29 is 8.81 Å². The molecule has 0 aliphatic rings. The molecule has 0 unspecified atom stereocenters. The fourth-order valence-corrected chi connectivity index (χ4v) is 3.73. The molecule has 2 heterocycles. The molecule has 5 nitrogen and oxygen atoms in total. The van der Waals surface area contributed by atoms with Crippen LogP contribution in [0.1, 0.15) is 5.89 Å². The Morgan fingerprint density at radius 1 is 1.12 bits per heavy atom. The molecule has 0 atom stereocenters. The standard InChI is InChI=1S/C16H11FN4OS2/c17-10-4-3-5-11(8-10)18-15-20-21-16(24-15)23-9-14-19-12-6-1-2-7-13(12)22-14/h1-8H,9H2,(H,18,20). The molecule has 120 valence electrons. The van der Waals surface area contributed by atoms with Crippen molar-refractivity contribution in [2.24, 2.45) is 0 Å². The van der Waals surface area contributed by atoms with Crippen molar-refractivity contribution in [1.82, 2.24) is 15.2 Å². The van der Waals surface area contributed by atoms with E-state index in [-0.39, 0.29) is 5.82 Å². The van der Waals surface area contributed by atoms with Gasteiger partial charge in [0, 0.05) is 5.69 Å². The number of hydrogen-bond donors (Lipinski definition) is 1. The molecule has 1 N–H and O–H groups in total. The Hall–Kier alpha value is -2.45. The highest BCUT2D eigenvalue weighted by Gasteiger charge is 2.09. The van der Waals surface area contributed by atoms with Crippen LogP contribution in [0.2, 0.25) is 0 Å². The Morgan fingerprint density at radius 3 is 2.92 bits per heavy atom. The van der Waals surface area contributed by atoms with Crippen LogP contribution in [0, 0.1) is 5.82 Å². The fourth-order valence-electron chi connectivity index (χ4n) is 2.11. The molecule has 4 aromatic rings. The molecule has 0 bridgehead atoms. The van der Waals surface area contributed by atoms with Gasteiger partial charge in [-0.2, -0.15) is 0 Å². The SMILES string of the molecule is Fc1cccc(Nc2nnc(SCc3nc4ccccc4o3)s2)c1. The molecule has 2 aromatic heterocycles. The number of thioether (sulfide) groups is 1. The normalized spacial score (nSPS) is 11.0. The predicted octanol–water partition coefficient (Wildman–Crippen LogP) is 4.85. The third-order valence-corrected chi connectivity index (χ3v) is 5.10. The van der Waals surface area contributed by atoms with Crippen molar-refractivity contribution in [3.63, 3.8) is 0 Å². The first-order valence-corrected chi connectivity index (χ1v) is 8.90. The summed E-state index contributed by atoms with van der Waals surface area (Å²) < 4.78 is 19.6. The average molecular weight is 358 g/mol. The summed E-state index contributed by atoms with van der Waals surface area (Å²) in [5.41, 5.74) is 2.26. The molecule has 8 heteroatoms. The maximum atomic E-state index is 13.2. The third-order valence-electron chi connectivity index (χ3n) is 3.14. The van der Waals surface area contributed by atoms with Crippen molar-refractivity contribution in [1.29, 1.82) is 0 Å². The Bertz CT molecular complexity index is 952. The molecule has 2 aromatic carbocycles. The first-order chi connectivity index (χ1) is 11.8. The van der Waals surface area contributed by atoms with Crippen LogP contribution >= 0.6 is 23.1 Å². The Morgan fingerprint density at radius 2 is 2.04 bits per heavy atom. The topological polar surface area (TPSA) is 63.8 Å². The highest BCUT2D eigenvalue weighted by Crippen LogP contribution is 2.30. The van der Waals surface area contributed by atoms with Gasteiger partial charge in [-0.3, -0.25) is 0 Å². The molecule has 0 fully saturated rings. The molecule has 4 rings (SSSR count). The molecule has 0 aliphatic carbocycles. The number of nitrogens with one attached hydrogen (secondary N) is 1. The molecule has 0 aliphatic heterocycles. The first-order valence-electron chi connectivity index (χ1n) is 7.09. The van der Waals surface area contributed by atoms with Gasteiger partial charge in [0.05, 0.1) is 5.75 Å². The van der Waals surface area contributed by atoms with Crippen molar-refractivity contribution in [3.8, 4) is 0 Å². The van der Waals surface area contributed by atoms with E-state index in [2.05, 4.69) is 20.5 Å². The summed E-state index contributed by atoms with van der Waals surface area (Å²) in [6, 6.07) is 13.9. The van der Waals surface area contributed by atoms with E-state index >= 15 is 0 Å². The lowest BCUT2D eigenvalue weighted by Crippen LogP contribution is -1.89. The molecule has 0 spiro atoms. The zero-order valence-electron chi connectivity index (χ0n) is 12.3. The molecular weight excluding hydrogens is 347 g/mol. The Labute approximate surface area is 144 Å². The van der Waals surface area contributed by atoms with E-state index in [4.69, 9.17) is 4.42 Å². The van der Waals surface area contributed by atoms with Crippen LogP contribution in [-0.4, -0.2) is 15.2 Å². The fraction of sp³-hybridized carbons (Fsp3) is 0.0625. The molecule has 0 saturated heterocycles. The van der Waals surface area contributed by atoms with E-state index in [1.54, 1.807) is 12.1 Å². The monoisotopic (exact) mass is 358 g/mol. The summed E-state index contributed by atoms with van der Waals surface area (Å²) >= 11 is 2.90. The number of aromatic nitrogens is 3. The van der Waals surface area contributed by atoms with E-state index in [1.807, 2.05) is 24.3 Å². The minimum atomic E-state index is -0.296. The van der Waals surface area contributed by atoms with Crippen molar-refractivity contribution in [2.45, 2.75) is 10.1 Å². The van der Waals surface area contributed by atoms with Gasteiger partial charge in [-0.1, -0.05) is 41.3 Å². The lowest BCUT2D eigenvalue weighted by molar-refractivity contribution is 0.556. The summed E-state index contributed by atoms with van der Waals surface area (Å²) in [5.74, 6) is 0.926. The lowest BCUT2D eigenvalue weighted by atomic mass is 10.3. The summed E-state index contributed by atoms with van der Waals surface area (Å²) in [5, 5.41) is 11.8. The quantitative estimate of drug-likeness (QED) is 0.514. The van der Waals surface area contributed by atoms with Gasteiger partial charge in [-0.05, 0) is 30.3 Å². The Kier molecular flexibility index (Phi) is 4.14. The number of benzene rings is 2. The average Bonchev–Trinajstić information content (AvgIpc) is 3.19. The van der Waals surface area contributed by atoms with Gasteiger partial charge in [0.15, 0.2) is 9.92 Å². The number of oxazole rings is 1. The van der Waals surface area contributed by atoms with Crippen LogP contribution in [0.25, 0.3) is 11.1 Å². The van der Waals surface area contributed by atoms with Crippen molar-refractivity contribution in [2.75, 3.05) is 5.32 Å². The predicted molar refractivity (Wildman–Crippen MR) is 93.2 cm³/mol. The molecule has 0 radical (unpaired) electrons. The van der Waals surface area contributed by atoms with Crippen LogP contribution in [0.15, 0.2) is 57.3 Å². The Balaban J connectivity index is 1.41. The van der Waals surface area contributed by atoms with Gasteiger partial charge in [0.25, 0.3) is 0 Å². The number of fused-ring (bicyclic) bond motifs is 1. The molecule has 0 amide bonds. The number of hydrogen-bond acceptors (Lipinski definition) is 7. The third kappa shape index (κ3) is 3.39. The smallest absolute Gasteiger partial charge is 0.210 e. The van der Waals surface area contributed by atoms with Crippen molar-refractivity contribution in [3.05, 3.63) is 60.2 Å². The molecule has 0 saturated carbocycles. The number of anilines is 2. The first kappa shape index (κ1) is 15.1. The van der Waals surface area contributed by atoms with Crippen LogP contribution in [0.4, 0.5) is 15.2 Å². The van der Waals surface area contributed by atoms with Crippen LogP contribution in [0.3, 0.4) is 0 Å². The highest BCUT2D eigenvalue weighted by atomic mass is 32.2. The zero-order chi connectivity index (χ0) is 16.4. The maximum Gasteiger partial charge on any atom is 0.210 e. The summed E-state index contributed by atoms with van der Waals surface area (Å²) in [6.45, 7) is 0. The number of nitrogens with zero attached hydrogens (tertiary/aromatic N) is 3. The summed E-state index contributed by atoms with van der Waals surface area (Å²) in [4.78, 5) is 4.42. The second-order valence-electron chi connectivity index (χ2n) is 4.87. The summed E-state index contributed by atoms with van der Waals surface area (Å²) in [6.07, 6.45) is 0.